The summed E-state index contributed by atoms with van der Waals surface area (Å²) < 4.78 is 1.03. The van der Waals surface area contributed by atoms with Crippen LogP contribution < -0.4 is 0 Å². The lowest BCUT2D eigenvalue weighted by Gasteiger charge is -2.16. The molecule has 0 unspecified atom stereocenters. The van der Waals surface area contributed by atoms with Crippen molar-refractivity contribution in [2.24, 2.45) is 0 Å². The van der Waals surface area contributed by atoms with Crippen LogP contribution in [0.4, 0.5) is 0 Å². The SMILES string of the molecule is CN(Cc1ccc(Br)cc1)C(=O)CSc1ncn[nH]1. The van der Waals surface area contributed by atoms with Gasteiger partial charge in [0.05, 0.1) is 5.75 Å². The Morgan fingerprint density at radius 2 is 2.16 bits per heavy atom. The first-order valence-electron chi connectivity index (χ1n) is 5.62. The molecule has 0 aliphatic rings. The fraction of sp³-hybridized carbons (Fsp3) is 0.250. The Balaban J connectivity index is 1.83. The highest BCUT2D eigenvalue weighted by molar-refractivity contribution is 9.10. The van der Waals surface area contributed by atoms with E-state index in [-0.39, 0.29) is 5.91 Å². The molecule has 0 aliphatic heterocycles. The lowest BCUT2D eigenvalue weighted by atomic mass is 10.2. The van der Waals surface area contributed by atoms with Gasteiger partial charge in [-0.15, -0.1) is 0 Å². The topological polar surface area (TPSA) is 61.9 Å². The fourth-order valence-corrected chi connectivity index (χ4v) is 2.44. The van der Waals surface area contributed by atoms with Gasteiger partial charge in [0.25, 0.3) is 0 Å². The number of aromatic nitrogens is 3. The molecule has 0 aliphatic carbocycles. The number of halogens is 1. The molecule has 19 heavy (non-hydrogen) atoms. The average molecular weight is 341 g/mol. The van der Waals surface area contributed by atoms with Crippen molar-refractivity contribution < 1.29 is 4.79 Å². The molecule has 0 spiro atoms. The first-order valence-corrected chi connectivity index (χ1v) is 7.39. The second-order valence-corrected chi connectivity index (χ2v) is 5.84. The van der Waals surface area contributed by atoms with Crippen LogP contribution in [-0.2, 0) is 11.3 Å². The van der Waals surface area contributed by atoms with Crippen molar-refractivity contribution in [3.8, 4) is 0 Å². The Labute approximate surface area is 123 Å². The van der Waals surface area contributed by atoms with Crippen molar-refractivity contribution in [3.63, 3.8) is 0 Å². The predicted octanol–water partition coefficient (Wildman–Crippen LogP) is 2.32. The third kappa shape index (κ3) is 4.36. The normalized spacial score (nSPS) is 10.4. The van der Waals surface area contributed by atoms with E-state index in [1.165, 1.54) is 18.1 Å². The molecule has 1 aromatic carbocycles. The van der Waals surface area contributed by atoms with Crippen LogP contribution in [0.3, 0.4) is 0 Å². The molecule has 0 saturated carbocycles. The number of nitrogens with one attached hydrogen (secondary N) is 1. The van der Waals surface area contributed by atoms with Crippen molar-refractivity contribution >= 4 is 33.6 Å². The van der Waals surface area contributed by atoms with Crippen LogP contribution in [0.25, 0.3) is 0 Å². The summed E-state index contributed by atoms with van der Waals surface area (Å²) in [4.78, 5) is 17.6. The molecular formula is C12H13BrN4OS. The standard InChI is InChI=1S/C12H13BrN4OS/c1-17(6-9-2-4-10(13)5-3-9)11(18)7-19-12-14-8-15-16-12/h2-5,8H,6-7H2,1H3,(H,14,15,16). The molecule has 2 rings (SSSR count). The van der Waals surface area contributed by atoms with Crippen LogP contribution in [0.5, 0.6) is 0 Å². The largest absolute Gasteiger partial charge is 0.341 e. The number of hydrogen-bond donors (Lipinski definition) is 1. The molecule has 5 nitrogen and oxygen atoms in total. The highest BCUT2D eigenvalue weighted by Gasteiger charge is 2.10. The van der Waals surface area contributed by atoms with Gasteiger partial charge in [-0.05, 0) is 17.7 Å². The van der Waals surface area contributed by atoms with Gasteiger partial charge in [0.1, 0.15) is 6.33 Å². The summed E-state index contributed by atoms with van der Waals surface area (Å²) in [6.45, 7) is 0.600. The minimum absolute atomic E-state index is 0.0596. The Morgan fingerprint density at radius 3 is 2.79 bits per heavy atom. The Morgan fingerprint density at radius 1 is 1.42 bits per heavy atom. The number of benzene rings is 1. The summed E-state index contributed by atoms with van der Waals surface area (Å²) in [6.07, 6.45) is 1.43. The Bertz CT molecular complexity index is 529. The second kappa shape index (κ2) is 6.72. The van der Waals surface area contributed by atoms with E-state index in [1.54, 1.807) is 11.9 Å². The van der Waals surface area contributed by atoms with E-state index in [0.29, 0.717) is 17.5 Å². The molecule has 0 fully saturated rings. The van der Waals surface area contributed by atoms with Crippen molar-refractivity contribution in [1.82, 2.24) is 20.1 Å². The molecule has 1 heterocycles. The zero-order valence-electron chi connectivity index (χ0n) is 10.3. The van der Waals surface area contributed by atoms with E-state index >= 15 is 0 Å². The number of rotatable bonds is 5. The van der Waals surface area contributed by atoms with E-state index in [9.17, 15) is 4.79 Å². The highest BCUT2D eigenvalue weighted by atomic mass is 79.9. The number of hydrogen-bond acceptors (Lipinski definition) is 4. The molecule has 0 radical (unpaired) electrons. The number of aromatic amines is 1. The van der Waals surface area contributed by atoms with Gasteiger partial charge in [0, 0.05) is 18.1 Å². The molecular weight excluding hydrogens is 328 g/mol. The molecule has 1 N–H and O–H groups in total. The van der Waals surface area contributed by atoms with Crippen molar-refractivity contribution in [1.29, 1.82) is 0 Å². The summed E-state index contributed by atoms with van der Waals surface area (Å²) in [7, 11) is 1.80. The Hall–Kier alpha value is -1.34. The van der Waals surface area contributed by atoms with Gasteiger partial charge in [-0.1, -0.05) is 39.8 Å². The molecule has 2 aromatic rings. The number of H-pyrrole nitrogens is 1. The third-order valence-corrected chi connectivity index (χ3v) is 3.87. The van der Waals surface area contributed by atoms with E-state index in [0.717, 1.165) is 10.0 Å². The molecule has 1 aromatic heterocycles. The van der Waals surface area contributed by atoms with Gasteiger partial charge < -0.3 is 4.90 Å². The molecule has 0 atom stereocenters. The maximum Gasteiger partial charge on any atom is 0.233 e. The quantitative estimate of drug-likeness (QED) is 0.848. The molecule has 0 bridgehead atoms. The zero-order chi connectivity index (χ0) is 13.7. The minimum atomic E-state index is 0.0596. The van der Waals surface area contributed by atoms with Crippen molar-refractivity contribution in [2.45, 2.75) is 11.7 Å². The minimum Gasteiger partial charge on any atom is -0.341 e. The lowest BCUT2D eigenvalue weighted by molar-refractivity contribution is -0.127. The van der Waals surface area contributed by atoms with Gasteiger partial charge in [0.15, 0.2) is 5.16 Å². The van der Waals surface area contributed by atoms with Crippen LogP contribution >= 0.6 is 27.7 Å². The Kier molecular flexibility index (Phi) is 4.98. The smallest absolute Gasteiger partial charge is 0.233 e. The lowest BCUT2D eigenvalue weighted by Crippen LogP contribution is -2.27. The number of carbonyl (C=O) groups is 1. The van der Waals surface area contributed by atoms with Crippen LogP contribution in [0.15, 0.2) is 40.2 Å². The third-order valence-electron chi connectivity index (χ3n) is 2.48. The van der Waals surface area contributed by atoms with Gasteiger partial charge in [-0.3, -0.25) is 9.89 Å². The number of thioether (sulfide) groups is 1. The summed E-state index contributed by atoms with van der Waals surface area (Å²) in [5, 5.41) is 7.11. The monoisotopic (exact) mass is 340 g/mol. The van der Waals surface area contributed by atoms with E-state index in [4.69, 9.17) is 0 Å². The van der Waals surface area contributed by atoms with E-state index in [1.807, 2.05) is 24.3 Å². The number of amides is 1. The fourth-order valence-electron chi connectivity index (χ4n) is 1.46. The first-order chi connectivity index (χ1) is 9.15. The zero-order valence-corrected chi connectivity index (χ0v) is 12.7. The molecule has 0 saturated heterocycles. The van der Waals surface area contributed by atoms with Crippen LogP contribution in [0.2, 0.25) is 0 Å². The number of carbonyl (C=O) groups excluding carboxylic acids is 1. The van der Waals surface area contributed by atoms with Crippen LogP contribution in [0.1, 0.15) is 5.56 Å². The maximum atomic E-state index is 11.9. The summed E-state index contributed by atoms with van der Waals surface area (Å²) in [5.41, 5.74) is 1.10. The van der Waals surface area contributed by atoms with E-state index in [2.05, 4.69) is 31.1 Å². The van der Waals surface area contributed by atoms with Crippen molar-refractivity contribution in [3.05, 3.63) is 40.6 Å². The van der Waals surface area contributed by atoms with Gasteiger partial charge in [0.2, 0.25) is 5.91 Å². The maximum absolute atomic E-state index is 11.9. The second-order valence-electron chi connectivity index (χ2n) is 3.96. The predicted molar refractivity (Wildman–Crippen MR) is 77.7 cm³/mol. The van der Waals surface area contributed by atoms with Crippen LogP contribution in [0, 0.1) is 0 Å². The van der Waals surface area contributed by atoms with Crippen molar-refractivity contribution in [2.75, 3.05) is 12.8 Å². The summed E-state index contributed by atoms with van der Waals surface area (Å²) in [5.74, 6) is 0.409. The van der Waals surface area contributed by atoms with Gasteiger partial charge in [-0.25, -0.2) is 4.98 Å². The number of nitrogens with zero attached hydrogens (tertiary/aromatic N) is 3. The van der Waals surface area contributed by atoms with Crippen LogP contribution in [-0.4, -0.2) is 38.8 Å². The summed E-state index contributed by atoms with van der Waals surface area (Å²) >= 11 is 4.74. The van der Waals surface area contributed by atoms with Gasteiger partial charge in [-0.2, -0.15) is 5.10 Å². The highest BCUT2D eigenvalue weighted by Crippen LogP contribution is 2.14. The average Bonchev–Trinajstić information content (AvgIpc) is 2.91. The molecule has 1 amide bonds. The molecule has 100 valence electrons. The van der Waals surface area contributed by atoms with E-state index < -0.39 is 0 Å². The molecule has 7 heteroatoms. The van der Waals surface area contributed by atoms with Gasteiger partial charge >= 0.3 is 0 Å². The first kappa shape index (κ1) is 14.1. The summed E-state index contributed by atoms with van der Waals surface area (Å²) in [6, 6.07) is 7.93.